The largest absolute Gasteiger partial charge is 0.366 e. The highest BCUT2D eigenvalue weighted by Crippen LogP contribution is 2.70. The number of halogens is 5. The number of ether oxygens (including phenoxy) is 1. The van der Waals surface area contributed by atoms with Crippen LogP contribution in [0.4, 0.5) is 13.2 Å². The minimum absolute atomic E-state index is 0.0569. The average molecular weight is 656 g/mol. The van der Waals surface area contributed by atoms with Crippen LogP contribution in [0.15, 0.2) is 41.5 Å². The Bertz CT molecular complexity index is 1420. The lowest BCUT2D eigenvalue weighted by Crippen LogP contribution is -2.70. The van der Waals surface area contributed by atoms with E-state index in [1.165, 1.54) is 17.0 Å². The van der Waals surface area contributed by atoms with Crippen LogP contribution in [-0.2, 0) is 19.1 Å². The van der Waals surface area contributed by atoms with Crippen LogP contribution in [0.25, 0.3) is 0 Å². The normalized spacial score (nSPS) is 34.7. The first-order chi connectivity index (χ1) is 20.9. The zero-order valence-corrected chi connectivity index (χ0v) is 25.9. The molecule has 3 heterocycles. The van der Waals surface area contributed by atoms with Crippen LogP contribution in [0.1, 0.15) is 37.2 Å². The summed E-state index contributed by atoms with van der Waals surface area (Å²) in [6.45, 7) is -1.81. The molecule has 3 N–H and O–H groups in total. The van der Waals surface area contributed by atoms with Crippen molar-refractivity contribution >= 4 is 40.9 Å². The van der Waals surface area contributed by atoms with Crippen LogP contribution in [0.3, 0.4) is 0 Å². The summed E-state index contributed by atoms with van der Waals surface area (Å²) < 4.78 is 50.4. The van der Waals surface area contributed by atoms with Gasteiger partial charge in [0, 0.05) is 41.9 Å². The number of nitrogens with one attached hydrogen (secondary N) is 3. The van der Waals surface area contributed by atoms with Crippen molar-refractivity contribution in [2.75, 3.05) is 34.1 Å². The van der Waals surface area contributed by atoms with Crippen molar-refractivity contribution in [2.24, 2.45) is 16.7 Å². The number of nitrogens with zero attached hydrogens (tertiary/aromatic N) is 1. The molecule has 0 aromatic heterocycles. The maximum absolute atomic E-state index is 16.0. The quantitative estimate of drug-likeness (QED) is 0.436. The molecule has 238 valence electrons. The first kappa shape index (κ1) is 31.4. The van der Waals surface area contributed by atoms with Crippen molar-refractivity contribution in [2.45, 2.75) is 61.4 Å². The van der Waals surface area contributed by atoms with Gasteiger partial charge in [-0.1, -0.05) is 41.4 Å². The number of carbonyl (C=O) groups is 3. The third-order valence-electron chi connectivity index (χ3n) is 10.3. The molecule has 44 heavy (non-hydrogen) atoms. The molecule has 0 radical (unpaired) electrons. The minimum Gasteiger partial charge on any atom is -0.366 e. The van der Waals surface area contributed by atoms with Gasteiger partial charge in [-0.15, -0.1) is 0 Å². The number of rotatable bonds is 6. The third-order valence-corrected chi connectivity index (χ3v) is 10.8. The summed E-state index contributed by atoms with van der Waals surface area (Å²) in [5.74, 6) is -3.62. The summed E-state index contributed by atoms with van der Waals surface area (Å²) in [5.41, 5.74) is -4.04. The van der Waals surface area contributed by atoms with E-state index in [-0.39, 0.29) is 35.9 Å². The summed E-state index contributed by atoms with van der Waals surface area (Å²) in [5, 5.41) is 9.55. The molecule has 5 aliphatic rings. The van der Waals surface area contributed by atoms with Crippen molar-refractivity contribution in [3.63, 3.8) is 0 Å². The van der Waals surface area contributed by atoms with E-state index in [0.717, 1.165) is 0 Å². The number of allylic oxidation sites excluding steroid dienone is 2. The lowest BCUT2D eigenvalue weighted by molar-refractivity contribution is -0.146. The van der Waals surface area contributed by atoms with Gasteiger partial charge in [0.1, 0.15) is 11.9 Å². The standard InChI is InChI=1S/C31H35Cl2F3N4O4/c1-40(2)27(42)22-9-7-17(11-44-22)37-26(41)25-23(18-4-3-5-20(33)24(18)36)31(30(39-25)12-29(13-30,14-34)15-35)19-8-6-16(32)10-21(19)38-28(31)43/h3-6,8,10,17,19,21-23,25,39H,7,9,11-15H2,1-2H3,(H,37,41)(H,38,43)/t17-,19?,21?,22+,23+,25-,31-/m1/s1. The summed E-state index contributed by atoms with van der Waals surface area (Å²) in [6, 6.07) is 2.24. The molecule has 0 bridgehead atoms. The monoisotopic (exact) mass is 654 g/mol. The Kier molecular flexibility index (Phi) is 8.08. The van der Waals surface area contributed by atoms with E-state index in [0.29, 0.717) is 17.9 Å². The average Bonchev–Trinajstić information content (AvgIpc) is 3.45. The van der Waals surface area contributed by atoms with Crippen LogP contribution in [0, 0.1) is 22.6 Å². The SMILES string of the molecule is CN(C)C(=O)[C@@H]1CC[C@@H](NC(=O)[C@@H]2NC3(CC(CF)(CF)C3)[C@@]3(C(=O)NC4C=C(Cl)C=CC43)[C@H]2c2cccc(Cl)c2F)CO1. The predicted molar refractivity (Wildman–Crippen MR) is 158 cm³/mol. The van der Waals surface area contributed by atoms with Crippen molar-refractivity contribution < 1.29 is 32.3 Å². The van der Waals surface area contributed by atoms with Gasteiger partial charge >= 0.3 is 0 Å². The topological polar surface area (TPSA) is 99.8 Å². The minimum atomic E-state index is -1.52. The molecule has 7 atom stereocenters. The fourth-order valence-electron chi connectivity index (χ4n) is 8.47. The predicted octanol–water partition coefficient (Wildman–Crippen LogP) is 3.54. The van der Waals surface area contributed by atoms with E-state index in [1.807, 2.05) is 0 Å². The molecule has 13 heteroatoms. The highest BCUT2D eigenvalue weighted by atomic mass is 35.5. The second-order valence-electron chi connectivity index (χ2n) is 13.1. The van der Waals surface area contributed by atoms with Gasteiger partial charge < -0.3 is 20.3 Å². The fourth-order valence-corrected chi connectivity index (χ4v) is 8.86. The molecular formula is C31H35Cl2F3N4O4. The van der Waals surface area contributed by atoms with E-state index in [4.69, 9.17) is 27.9 Å². The van der Waals surface area contributed by atoms with Crippen LogP contribution in [0.5, 0.6) is 0 Å². The third kappa shape index (κ3) is 4.60. The van der Waals surface area contributed by atoms with Crippen molar-refractivity contribution in [3.05, 3.63) is 57.9 Å². The van der Waals surface area contributed by atoms with Crippen LogP contribution >= 0.6 is 23.2 Å². The maximum atomic E-state index is 16.0. The lowest BCUT2D eigenvalue weighted by atomic mass is 9.44. The molecule has 2 spiro atoms. The number of likely N-dealkylation sites (N-methyl/N-ethyl adjacent to an activating group) is 1. The Morgan fingerprint density at radius 3 is 2.52 bits per heavy atom. The molecule has 3 amide bonds. The summed E-state index contributed by atoms with van der Waals surface area (Å²) in [4.78, 5) is 42.4. The molecule has 6 rings (SSSR count). The molecular weight excluding hydrogens is 620 g/mol. The van der Waals surface area contributed by atoms with Gasteiger partial charge in [0.2, 0.25) is 11.8 Å². The Morgan fingerprint density at radius 1 is 1.16 bits per heavy atom. The van der Waals surface area contributed by atoms with Gasteiger partial charge in [-0.25, -0.2) is 4.39 Å². The molecule has 1 saturated carbocycles. The molecule has 4 fully saturated rings. The summed E-state index contributed by atoms with van der Waals surface area (Å²) in [6.07, 6.45) is 5.19. The van der Waals surface area contributed by atoms with E-state index in [2.05, 4.69) is 16.0 Å². The van der Waals surface area contributed by atoms with Gasteiger partial charge in [-0.3, -0.25) is 28.5 Å². The second kappa shape index (κ2) is 11.3. The molecule has 1 aromatic rings. The zero-order chi connectivity index (χ0) is 31.6. The summed E-state index contributed by atoms with van der Waals surface area (Å²) >= 11 is 12.5. The highest BCUT2D eigenvalue weighted by molar-refractivity contribution is 6.31. The molecule has 3 aliphatic heterocycles. The second-order valence-corrected chi connectivity index (χ2v) is 13.9. The van der Waals surface area contributed by atoms with Gasteiger partial charge in [0.05, 0.1) is 48.5 Å². The number of hydrogen-bond acceptors (Lipinski definition) is 5. The molecule has 8 nitrogen and oxygen atoms in total. The Morgan fingerprint density at radius 2 is 1.89 bits per heavy atom. The molecule has 1 aromatic carbocycles. The summed E-state index contributed by atoms with van der Waals surface area (Å²) in [7, 11) is 3.28. The van der Waals surface area contributed by atoms with Crippen LogP contribution in [0.2, 0.25) is 5.02 Å². The van der Waals surface area contributed by atoms with E-state index in [1.54, 1.807) is 38.4 Å². The smallest absolute Gasteiger partial charge is 0.251 e. The van der Waals surface area contributed by atoms with E-state index >= 15 is 4.39 Å². The lowest BCUT2D eigenvalue weighted by Gasteiger charge is -2.60. The van der Waals surface area contributed by atoms with Crippen molar-refractivity contribution in [1.29, 1.82) is 0 Å². The maximum Gasteiger partial charge on any atom is 0.251 e. The number of carbonyl (C=O) groups excluding carboxylic acids is 3. The van der Waals surface area contributed by atoms with E-state index in [9.17, 15) is 23.2 Å². The Labute approximate surface area is 263 Å². The molecule has 2 unspecified atom stereocenters. The fraction of sp³-hybridized carbons (Fsp3) is 0.581. The van der Waals surface area contributed by atoms with Gasteiger partial charge in [0.25, 0.3) is 5.91 Å². The van der Waals surface area contributed by atoms with Crippen LogP contribution in [-0.4, -0.2) is 86.4 Å². The number of amides is 3. The molecule has 3 saturated heterocycles. The highest BCUT2D eigenvalue weighted by Gasteiger charge is 2.80. The zero-order valence-electron chi connectivity index (χ0n) is 24.3. The first-order valence-corrected chi connectivity index (χ1v) is 15.5. The van der Waals surface area contributed by atoms with Gasteiger partial charge in [-0.2, -0.15) is 0 Å². The van der Waals surface area contributed by atoms with Gasteiger partial charge in [0.15, 0.2) is 0 Å². The number of benzene rings is 1. The van der Waals surface area contributed by atoms with Gasteiger partial charge in [-0.05, 0) is 49.5 Å². The van der Waals surface area contributed by atoms with Crippen molar-refractivity contribution in [3.8, 4) is 0 Å². The van der Waals surface area contributed by atoms with E-state index < -0.39 is 83.4 Å². The number of fused-ring (bicyclic) bond motifs is 3. The first-order valence-electron chi connectivity index (χ1n) is 14.7. The van der Waals surface area contributed by atoms with Crippen LogP contribution < -0.4 is 16.0 Å². The Balaban J connectivity index is 1.41. The Hall–Kier alpha value is -2.60. The van der Waals surface area contributed by atoms with Crippen molar-refractivity contribution in [1.82, 2.24) is 20.9 Å². The molecule has 2 aliphatic carbocycles. The number of hydrogen-bond donors (Lipinski definition) is 3. The number of alkyl halides is 2.